The van der Waals surface area contributed by atoms with Crippen LogP contribution in [0.5, 0.6) is 0 Å². The second kappa shape index (κ2) is 6.58. The zero-order valence-electron chi connectivity index (χ0n) is 11.3. The third kappa shape index (κ3) is 3.91. The van der Waals surface area contributed by atoms with Gasteiger partial charge in [0.25, 0.3) is 5.60 Å². The van der Waals surface area contributed by atoms with Crippen molar-refractivity contribution in [2.75, 3.05) is 0 Å². The lowest BCUT2D eigenvalue weighted by molar-refractivity contribution is -0.352. The molecule has 0 saturated heterocycles. The summed E-state index contributed by atoms with van der Waals surface area (Å²) in [5, 5.41) is 9.35. The highest BCUT2D eigenvalue weighted by Crippen LogP contribution is 2.51. The van der Waals surface area contributed by atoms with Crippen molar-refractivity contribution in [3.63, 3.8) is 0 Å². The van der Waals surface area contributed by atoms with Gasteiger partial charge in [-0.15, -0.1) is 0 Å². The highest BCUT2D eigenvalue weighted by molar-refractivity contribution is 5.38. The molecule has 0 atom stereocenters. The van der Waals surface area contributed by atoms with Gasteiger partial charge in [-0.1, -0.05) is 12.2 Å². The summed E-state index contributed by atoms with van der Waals surface area (Å²) in [6.45, 7) is 0. The maximum absolute atomic E-state index is 13.1. The van der Waals surface area contributed by atoms with Gasteiger partial charge in [0.2, 0.25) is 0 Å². The molecule has 0 aromatic rings. The van der Waals surface area contributed by atoms with E-state index in [1.165, 1.54) is 6.08 Å². The number of allylic oxidation sites excluding steroid dienone is 4. The quantitative estimate of drug-likeness (QED) is 0.678. The smallest absolute Gasteiger partial charge is 0.370 e. The Morgan fingerprint density at radius 2 is 1.52 bits per heavy atom. The summed E-state index contributed by atoms with van der Waals surface area (Å²) in [4.78, 5) is 0. The van der Waals surface area contributed by atoms with Crippen LogP contribution in [0.25, 0.3) is 0 Å². The minimum Gasteiger partial charge on any atom is -0.370 e. The molecular formula is C13H11F9O. The van der Waals surface area contributed by atoms with E-state index >= 15 is 0 Å². The molecule has 0 spiro atoms. The van der Waals surface area contributed by atoms with Crippen molar-refractivity contribution in [1.29, 1.82) is 0 Å². The second-order valence-corrected chi connectivity index (χ2v) is 4.85. The Morgan fingerprint density at radius 3 is 1.87 bits per heavy atom. The van der Waals surface area contributed by atoms with Crippen LogP contribution in [0.2, 0.25) is 0 Å². The van der Waals surface area contributed by atoms with E-state index in [0.717, 1.165) is 6.08 Å². The van der Waals surface area contributed by atoms with E-state index in [4.69, 9.17) is 0 Å². The lowest BCUT2D eigenvalue weighted by Crippen LogP contribution is -2.58. The Hall–Kier alpha value is -1.45. The average Bonchev–Trinajstić information content (AvgIpc) is 2.42. The highest BCUT2D eigenvalue weighted by Gasteiger charge is 2.72. The minimum absolute atomic E-state index is 0.143. The van der Waals surface area contributed by atoms with Crippen molar-refractivity contribution in [2.45, 2.75) is 43.6 Å². The van der Waals surface area contributed by atoms with Crippen LogP contribution in [0.15, 0.2) is 35.2 Å². The predicted octanol–water partition coefficient (Wildman–Crippen LogP) is 5.35. The monoisotopic (exact) mass is 354 g/mol. The van der Waals surface area contributed by atoms with E-state index in [1.807, 2.05) is 0 Å². The van der Waals surface area contributed by atoms with Crippen molar-refractivity contribution >= 4 is 0 Å². The standard InChI is InChI=1S/C13H11F9O/c14-9(10(15)16)6-8(7-4-2-1-3-5-7)11(23,12(17,18)19)13(20,21)22/h2,4,23H,1,3,5-6H2. The highest BCUT2D eigenvalue weighted by atomic mass is 19.4. The molecule has 0 unspecified atom stereocenters. The maximum atomic E-state index is 13.1. The number of hydrogen-bond donors (Lipinski definition) is 1. The maximum Gasteiger partial charge on any atom is 0.430 e. The number of hydrogen-bond acceptors (Lipinski definition) is 1. The van der Waals surface area contributed by atoms with Gasteiger partial charge in [0, 0.05) is 6.42 Å². The van der Waals surface area contributed by atoms with Gasteiger partial charge in [-0.3, -0.25) is 0 Å². The lowest BCUT2D eigenvalue weighted by atomic mass is 9.82. The fourth-order valence-corrected chi connectivity index (χ4v) is 2.17. The van der Waals surface area contributed by atoms with Crippen LogP contribution >= 0.6 is 0 Å². The van der Waals surface area contributed by atoms with E-state index in [1.54, 1.807) is 0 Å². The first-order chi connectivity index (χ1) is 10.3. The Morgan fingerprint density at radius 1 is 1.00 bits per heavy atom. The molecule has 0 heterocycles. The molecule has 10 heteroatoms. The molecule has 1 nitrogen and oxygen atoms in total. The summed E-state index contributed by atoms with van der Waals surface area (Å²) >= 11 is 0. The first-order valence-corrected chi connectivity index (χ1v) is 6.27. The summed E-state index contributed by atoms with van der Waals surface area (Å²) in [6.07, 6.45) is -15.3. The first kappa shape index (κ1) is 19.6. The average molecular weight is 354 g/mol. The molecule has 1 aliphatic rings. The second-order valence-electron chi connectivity index (χ2n) is 4.85. The van der Waals surface area contributed by atoms with Gasteiger partial charge in [0.05, 0.1) is 0 Å². The molecule has 132 valence electrons. The zero-order valence-corrected chi connectivity index (χ0v) is 11.3. The largest absolute Gasteiger partial charge is 0.430 e. The SMILES string of the molecule is OC(C(CC(F)=C(F)F)=C1C=CCCC1)(C(F)(F)F)C(F)(F)F. The summed E-state index contributed by atoms with van der Waals surface area (Å²) in [5.41, 5.74) is -7.95. The van der Waals surface area contributed by atoms with Crippen molar-refractivity contribution in [3.8, 4) is 0 Å². The molecule has 1 N–H and O–H groups in total. The molecule has 0 fully saturated rings. The molecule has 0 aromatic heterocycles. The summed E-state index contributed by atoms with van der Waals surface area (Å²) < 4.78 is 115. The van der Waals surface area contributed by atoms with Crippen molar-refractivity contribution in [2.24, 2.45) is 0 Å². The third-order valence-electron chi connectivity index (χ3n) is 3.32. The fourth-order valence-electron chi connectivity index (χ4n) is 2.17. The Kier molecular flexibility index (Phi) is 5.61. The number of aliphatic hydroxyl groups is 1. The van der Waals surface area contributed by atoms with Crippen molar-refractivity contribution < 1.29 is 44.6 Å². The molecule has 0 saturated carbocycles. The van der Waals surface area contributed by atoms with Crippen molar-refractivity contribution in [1.82, 2.24) is 0 Å². The third-order valence-corrected chi connectivity index (χ3v) is 3.32. The first-order valence-electron chi connectivity index (χ1n) is 6.27. The van der Waals surface area contributed by atoms with Gasteiger partial charge >= 0.3 is 18.4 Å². The van der Waals surface area contributed by atoms with Gasteiger partial charge in [-0.05, 0) is 30.4 Å². The van der Waals surface area contributed by atoms with E-state index in [0.29, 0.717) is 6.42 Å². The molecule has 0 bridgehead atoms. The lowest BCUT2D eigenvalue weighted by Gasteiger charge is -2.36. The number of halogens is 9. The molecule has 1 rings (SSSR count). The van der Waals surface area contributed by atoms with Gasteiger partial charge in [0.15, 0.2) is 5.83 Å². The van der Waals surface area contributed by atoms with E-state index in [2.05, 4.69) is 0 Å². The summed E-state index contributed by atoms with van der Waals surface area (Å²) in [7, 11) is 0. The fraction of sp³-hybridized carbons (Fsp3) is 0.538. The van der Waals surface area contributed by atoms with E-state index in [9.17, 15) is 44.6 Å². The van der Waals surface area contributed by atoms with Gasteiger partial charge in [0.1, 0.15) is 0 Å². The Bertz CT molecular complexity index is 519. The van der Waals surface area contributed by atoms with Crippen LogP contribution in [-0.2, 0) is 0 Å². The summed E-state index contributed by atoms with van der Waals surface area (Å²) in [5.74, 6) is -2.46. The van der Waals surface area contributed by atoms with Crippen LogP contribution in [0.1, 0.15) is 25.7 Å². The van der Waals surface area contributed by atoms with Gasteiger partial charge in [-0.25, -0.2) is 4.39 Å². The topological polar surface area (TPSA) is 20.2 Å². The molecule has 0 radical (unpaired) electrons. The summed E-state index contributed by atoms with van der Waals surface area (Å²) in [6, 6.07) is 0. The van der Waals surface area contributed by atoms with Gasteiger partial charge < -0.3 is 5.11 Å². The number of rotatable bonds is 3. The predicted molar refractivity (Wildman–Crippen MR) is 62.0 cm³/mol. The molecule has 1 aliphatic carbocycles. The zero-order chi connectivity index (χ0) is 18.1. The minimum atomic E-state index is -6.26. The van der Waals surface area contributed by atoms with Crippen LogP contribution in [-0.4, -0.2) is 23.1 Å². The van der Waals surface area contributed by atoms with Crippen LogP contribution < -0.4 is 0 Å². The van der Waals surface area contributed by atoms with E-state index in [-0.39, 0.29) is 12.8 Å². The normalized spacial score (nSPS) is 18.9. The van der Waals surface area contributed by atoms with Gasteiger partial charge in [-0.2, -0.15) is 35.1 Å². The van der Waals surface area contributed by atoms with Crippen LogP contribution in [0.4, 0.5) is 39.5 Å². The molecule has 23 heavy (non-hydrogen) atoms. The molecule has 0 aliphatic heterocycles. The Balaban J connectivity index is 3.64. The molecule has 0 amide bonds. The molecular weight excluding hydrogens is 343 g/mol. The Labute approximate surface area is 124 Å². The number of alkyl halides is 6. The van der Waals surface area contributed by atoms with Crippen LogP contribution in [0, 0.1) is 0 Å². The van der Waals surface area contributed by atoms with Crippen molar-refractivity contribution in [3.05, 3.63) is 35.2 Å². The van der Waals surface area contributed by atoms with E-state index < -0.39 is 47.4 Å². The molecule has 0 aromatic carbocycles. The van der Waals surface area contributed by atoms with Crippen LogP contribution in [0.3, 0.4) is 0 Å².